The van der Waals surface area contributed by atoms with E-state index in [4.69, 9.17) is 11.6 Å². The number of pyridine rings is 1. The number of hydrogen-bond donors (Lipinski definition) is 1. The van der Waals surface area contributed by atoms with Gasteiger partial charge in [0.05, 0.1) is 12.7 Å². The standard InChI is InChI=1S/C7H6ClF2NO2/c1-13-3-2-4(12)11-6(8)5(3)7(9)10/h2,7H,1H3,(H,11,12). The van der Waals surface area contributed by atoms with E-state index in [0.29, 0.717) is 0 Å². The van der Waals surface area contributed by atoms with Crippen molar-refractivity contribution in [2.24, 2.45) is 0 Å². The molecule has 1 N–H and O–H groups in total. The Kier molecular flexibility index (Phi) is 2.87. The van der Waals surface area contributed by atoms with E-state index < -0.39 is 17.5 Å². The van der Waals surface area contributed by atoms with Gasteiger partial charge in [-0.2, -0.15) is 0 Å². The van der Waals surface area contributed by atoms with E-state index in [9.17, 15) is 13.6 Å². The summed E-state index contributed by atoms with van der Waals surface area (Å²) >= 11 is 5.39. The third-order valence-corrected chi connectivity index (χ3v) is 1.73. The fourth-order valence-corrected chi connectivity index (χ4v) is 1.16. The summed E-state index contributed by atoms with van der Waals surface area (Å²) in [6.45, 7) is 0. The van der Waals surface area contributed by atoms with Gasteiger partial charge >= 0.3 is 0 Å². The monoisotopic (exact) mass is 209 g/mol. The van der Waals surface area contributed by atoms with Gasteiger partial charge in [-0.15, -0.1) is 0 Å². The van der Waals surface area contributed by atoms with E-state index in [1.807, 2.05) is 4.98 Å². The lowest BCUT2D eigenvalue weighted by atomic mass is 10.2. The molecule has 0 atom stereocenters. The highest BCUT2D eigenvalue weighted by Gasteiger charge is 2.19. The van der Waals surface area contributed by atoms with Crippen molar-refractivity contribution in [3.63, 3.8) is 0 Å². The van der Waals surface area contributed by atoms with Crippen molar-refractivity contribution >= 4 is 11.6 Å². The van der Waals surface area contributed by atoms with E-state index in [1.165, 1.54) is 7.11 Å². The van der Waals surface area contributed by atoms with Crippen LogP contribution in [0, 0.1) is 0 Å². The highest BCUT2D eigenvalue weighted by molar-refractivity contribution is 6.30. The summed E-state index contributed by atoms with van der Waals surface area (Å²) in [5, 5.41) is -0.389. The van der Waals surface area contributed by atoms with Gasteiger partial charge in [0.15, 0.2) is 0 Å². The summed E-state index contributed by atoms with van der Waals surface area (Å²) in [4.78, 5) is 12.8. The van der Waals surface area contributed by atoms with E-state index in [2.05, 4.69) is 4.74 Å². The van der Waals surface area contributed by atoms with Crippen LogP contribution in [0.25, 0.3) is 0 Å². The van der Waals surface area contributed by atoms with Crippen LogP contribution < -0.4 is 10.3 Å². The molecule has 0 saturated carbocycles. The second kappa shape index (κ2) is 3.74. The minimum absolute atomic E-state index is 0.205. The molecule has 1 rings (SSSR count). The average molecular weight is 210 g/mol. The molecule has 0 amide bonds. The van der Waals surface area contributed by atoms with Crippen molar-refractivity contribution in [2.75, 3.05) is 7.11 Å². The molecule has 13 heavy (non-hydrogen) atoms. The van der Waals surface area contributed by atoms with Gasteiger partial charge in [-0.05, 0) is 0 Å². The molecule has 1 heterocycles. The zero-order valence-electron chi connectivity index (χ0n) is 6.61. The number of alkyl halides is 2. The number of aromatic nitrogens is 1. The topological polar surface area (TPSA) is 42.1 Å². The van der Waals surface area contributed by atoms with Gasteiger partial charge in [0.25, 0.3) is 12.0 Å². The first-order valence-electron chi connectivity index (χ1n) is 3.31. The first-order valence-corrected chi connectivity index (χ1v) is 3.69. The maximum atomic E-state index is 12.3. The van der Waals surface area contributed by atoms with Crippen LogP contribution in [0.2, 0.25) is 5.15 Å². The molecule has 72 valence electrons. The minimum Gasteiger partial charge on any atom is -0.496 e. The summed E-state index contributed by atoms with van der Waals surface area (Å²) in [6.07, 6.45) is -2.78. The van der Waals surface area contributed by atoms with Crippen molar-refractivity contribution in [3.8, 4) is 5.75 Å². The Bertz CT molecular complexity index is 364. The van der Waals surface area contributed by atoms with Crippen LogP contribution in [0.5, 0.6) is 5.75 Å². The number of hydrogen-bond acceptors (Lipinski definition) is 2. The first-order chi connectivity index (χ1) is 6.06. The third kappa shape index (κ3) is 1.98. The molecule has 1 aromatic heterocycles. The van der Waals surface area contributed by atoms with Gasteiger partial charge in [0.1, 0.15) is 10.9 Å². The lowest BCUT2D eigenvalue weighted by Crippen LogP contribution is -2.08. The Hall–Kier alpha value is -1.10. The van der Waals surface area contributed by atoms with Crippen molar-refractivity contribution in [2.45, 2.75) is 6.43 Å². The fraction of sp³-hybridized carbons (Fsp3) is 0.286. The number of ether oxygens (including phenoxy) is 1. The number of H-pyrrole nitrogens is 1. The molecular weight excluding hydrogens is 204 g/mol. The van der Waals surface area contributed by atoms with E-state index in [-0.39, 0.29) is 10.9 Å². The second-order valence-corrected chi connectivity index (χ2v) is 2.61. The second-order valence-electron chi connectivity index (χ2n) is 2.23. The molecule has 0 spiro atoms. The molecule has 6 heteroatoms. The number of halogens is 3. The number of aromatic amines is 1. The van der Waals surface area contributed by atoms with Gasteiger partial charge < -0.3 is 9.72 Å². The maximum absolute atomic E-state index is 12.3. The van der Waals surface area contributed by atoms with Gasteiger partial charge in [0.2, 0.25) is 0 Å². The van der Waals surface area contributed by atoms with Gasteiger partial charge in [0, 0.05) is 6.07 Å². The van der Waals surface area contributed by atoms with Crippen molar-refractivity contribution < 1.29 is 13.5 Å². The van der Waals surface area contributed by atoms with E-state index >= 15 is 0 Å². The molecule has 0 aliphatic heterocycles. The predicted molar refractivity (Wildman–Crippen MR) is 43.6 cm³/mol. The molecular formula is C7H6ClF2NO2. The highest BCUT2D eigenvalue weighted by atomic mass is 35.5. The van der Waals surface area contributed by atoms with Crippen LogP contribution >= 0.6 is 11.6 Å². The fourth-order valence-electron chi connectivity index (χ4n) is 0.889. The zero-order chi connectivity index (χ0) is 10.0. The summed E-state index contributed by atoms with van der Waals surface area (Å²) in [5.41, 5.74) is -1.07. The SMILES string of the molecule is COc1cc(=O)[nH]c(Cl)c1C(F)F. The largest absolute Gasteiger partial charge is 0.496 e. The Morgan fingerprint density at radius 2 is 2.23 bits per heavy atom. The van der Waals surface area contributed by atoms with Crippen molar-refractivity contribution in [3.05, 3.63) is 27.1 Å². The molecule has 0 bridgehead atoms. The van der Waals surface area contributed by atoms with Crippen LogP contribution in [0.4, 0.5) is 8.78 Å². The first kappa shape index (κ1) is 9.98. The molecule has 0 aliphatic rings. The van der Waals surface area contributed by atoms with E-state index in [0.717, 1.165) is 6.07 Å². The molecule has 0 unspecified atom stereocenters. The molecule has 1 aromatic rings. The average Bonchev–Trinajstić information content (AvgIpc) is 2.01. The van der Waals surface area contributed by atoms with Crippen molar-refractivity contribution in [1.29, 1.82) is 0 Å². The summed E-state index contributed by atoms with van der Waals surface area (Å²) in [7, 11) is 1.19. The van der Waals surface area contributed by atoms with Crippen LogP contribution in [-0.4, -0.2) is 12.1 Å². The Morgan fingerprint density at radius 1 is 1.62 bits per heavy atom. The lowest BCUT2D eigenvalue weighted by molar-refractivity contribution is 0.146. The smallest absolute Gasteiger partial charge is 0.270 e. The predicted octanol–water partition coefficient (Wildman–Crippen LogP) is 1.97. The number of methoxy groups -OCH3 is 1. The van der Waals surface area contributed by atoms with Gasteiger partial charge in [-0.1, -0.05) is 11.6 Å². The molecule has 0 saturated heterocycles. The Morgan fingerprint density at radius 3 is 2.69 bits per heavy atom. The van der Waals surface area contributed by atoms with Crippen LogP contribution in [0.1, 0.15) is 12.0 Å². The molecule has 0 aliphatic carbocycles. The minimum atomic E-state index is -2.78. The van der Waals surface area contributed by atoms with E-state index in [1.54, 1.807) is 0 Å². The quantitative estimate of drug-likeness (QED) is 0.757. The third-order valence-electron chi connectivity index (χ3n) is 1.44. The summed E-state index contributed by atoms with van der Waals surface area (Å²) in [6, 6.07) is 0.924. The maximum Gasteiger partial charge on any atom is 0.270 e. The van der Waals surface area contributed by atoms with Gasteiger partial charge in [-0.3, -0.25) is 4.79 Å². The zero-order valence-corrected chi connectivity index (χ0v) is 7.36. The lowest BCUT2D eigenvalue weighted by Gasteiger charge is -2.07. The Balaban J connectivity index is 3.38. The molecule has 3 nitrogen and oxygen atoms in total. The van der Waals surface area contributed by atoms with Gasteiger partial charge in [-0.25, -0.2) is 8.78 Å². The number of rotatable bonds is 2. The number of nitrogens with one attached hydrogen (secondary N) is 1. The molecule has 0 fully saturated rings. The summed E-state index contributed by atoms with van der Waals surface area (Å²) in [5.74, 6) is -0.205. The normalized spacial score (nSPS) is 10.5. The van der Waals surface area contributed by atoms with Crippen molar-refractivity contribution in [1.82, 2.24) is 4.98 Å². The molecule has 0 radical (unpaired) electrons. The summed E-state index contributed by atoms with van der Waals surface area (Å²) < 4.78 is 29.2. The van der Waals surface area contributed by atoms with Crippen LogP contribution in [0.15, 0.2) is 10.9 Å². The van der Waals surface area contributed by atoms with Crippen LogP contribution in [0.3, 0.4) is 0 Å². The molecule has 0 aromatic carbocycles. The van der Waals surface area contributed by atoms with Crippen LogP contribution in [-0.2, 0) is 0 Å². The Labute approximate surface area is 77.3 Å². The highest BCUT2D eigenvalue weighted by Crippen LogP contribution is 2.32.